The predicted molar refractivity (Wildman–Crippen MR) is 84.4 cm³/mol. The standard InChI is InChI=1S/C17H20N4O/c22-17(19-10-14-6-2-1-3-7-14)16-9-5-4-8-15(16)11-21-13-18-12-20-21/h1-2,4-5,8-9,12-14H,3,6-7,10-11H2,(H,19,22). The largest absolute Gasteiger partial charge is 0.352 e. The van der Waals surface area contributed by atoms with Gasteiger partial charge in [0.2, 0.25) is 0 Å². The summed E-state index contributed by atoms with van der Waals surface area (Å²) in [6.07, 6.45) is 10.9. The number of aromatic nitrogens is 3. The van der Waals surface area contributed by atoms with Crippen LogP contribution in [-0.4, -0.2) is 27.2 Å². The summed E-state index contributed by atoms with van der Waals surface area (Å²) in [7, 11) is 0. The van der Waals surface area contributed by atoms with Crippen molar-refractivity contribution in [2.24, 2.45) is 5.92 Å². The van der Waals surface area contributed by atoms with Gasteiger partial charge in [-0.25, -0.2) is 9.67 Å². The molecule has 114 valence electrons. The molecular formula is C17H20N4O. The summed E-state index contributed by atoms with van der Waals surface area (Å²) in [4.78, 5) is 16.4. The van der Waals surface area contributed by atoms with Gasteiger partial charge in [-0.3, -0.25) is 4.79 Å². The number of hydrogen-bond acceptors (Lipinski definition) is 3. The molecule has 1 aromatic heterocycles. The van der Waals surface area contributed by atoms with E-state index in [0.29, 0.717) is 18.0 Å². The second-order valence-corrected chi connectivity index (χ2v) is 5.61. The maximum atomic E-state index is 12.5. The third kappa shape index (κ3) is 3.61. The molecular weight excluding hydrogens is 276 g/mol. The molecule has 22 heavy (non-hydrogen) atoms. The van der Waals surface area contributed by atoms with Crippen LogP contribution in [0.2, 0.25) is 0 Å². The van der Waals surface area contributed by atoms with Crippen LogP contribution >= 0.6 is 0 Å². The molecule has 1 aromatic carbocycles. The van der Waals surface area contributed by atoms with Crippen molar-refractivity contribution in [2.45, 2.75) is 25.8 Å². The fourth-order valence-electron chi connectivity index (χ4n) is 2.74. The van der Waals surface area contributed by atoms with Crippen molar-refractivity contribution in [2.75, 3.05) is 6.54 Å². The zero-order chi connectivity index (χ0) is 15.2. The summed E-state index contributed by atoms with van der Waals surface area (Å²) in [6, 6.07) is 7.65. The molecule has 1 atom stereocenters. The average molecular weight is 296 g/mol. The lowest BCUT2D eigenvalue weighted by Gasteiger charge is -2.18. The average Bonchev–Trinajstić information content (AvgIpc) is 3.07. The van der Waals surface area contributed by atoms with E-state index < -0.39 is 0 Å². The lowest BCUT2D eigenvalue weighted by atomic mass is 9.94. The molecule has 0 bridgehead atoms. The minimum Gasteiger partial charge on any atom is -0.352 e. The summed E-state index contributed by atoms with van der Waals surface area (Å²) in [6.45, 7) is 1.29. The Balaban J connectivity index is 1.65. The number of carbonyl (C=O) groups is 1. The highest BCUT2D eigenvalue weighted by Gasteiger charge is 2.14. The van der Waals surface area contributed by atoms with Crippen molar-refractivity contribution >= 4 is 5.91 Å². The fraction of sp³-hybridized carbons (Fsp3) is 0.353. The summed E-state index contributed by atoms with van der Waals surface area (Å²) in [5, 5.41) is 7.17. The molecule has 1 N–H and O–H groups in total. The molecule has 5 heteroatoms. The van der Waals surface area contributed by atoms with Crippen molar-refractivity contribution < 1.29 is 4.79 Å². The monoisotopic (exact) mass is 296 g/mol. The van der Waals surface area contributed by atoms with Crippen molar-refractivity contribution in [3.8, 4) is 0 Å². The van der Waals surface area contributed by atoms with E-state index in [9.17, 15) is 4.79 Å². The number of amides is 1. The summed E-state index contributed by atoms with van der Waals surface area (Å²) in [5.74, 6) is 0.543. The zero-order valence-electron chi connectivity index (χ0n) is 12.5. The van der Waals surface area contributed by atoms with Crippen LogP contribution in [0.25, 0.3) is 0 Å². The maximum Gasteiger partial charge on any atom is 0.251 e. The van der Waals surface area contributed by atoms with Gasteiger partial charge in [-0.05, 0) is 36.8 Å². The van der Waals surface area contributed by atoms with Gasteiger partial charge >= 0.3 is 0 Å². The zero-order valence-corrected chi connectivity index (χ0v) is 12.5. The molecule has 0 aliphatic heterocycles. The number of nitrogens with zero attached hydrogens (tertiary/aromatic N) is 3. The Morgan fingerprint density at radius 1 is 1.32 bits per heavy atom. The Hall–Kier alpha value is -2.43. The summed E-state index contributed by atoms with van der Waals surface area (Å²) in [5.41, 5.74) is 1.67. The highest BCUT2D eigenvalue weighted by atomic mass is 16.1. The molecule has 1 unspecified atom stereocenters. The van der Waals surface area contributed by atoms with Crippen molar-refractivity contribution in [1.82, 2.24) is 20.1 Å². The lowest BCUT2D eigenvalue weighted by molar-refractivity contribution is 0.0945. The minimum absolute atomic E-state index is 0.00901. The molecule has 1 heterocycles. The maximum absolute atomic E-state index is 12.5. The highest BCUT2D eigenvalue weighted by Crippen LogP contribution is 2.17. The second kappa shape index (κ2) is 7.02. The summed E-state index contributed by atoms with van der Waals surface area (Å²) >= 11 is 0. The number of benzene rings is 1. The third-order valence-electron chi connectivity index (χ3n) is 3.99. The van der Waals surface area contributed by atoms with Gasteiger partial charge in [-0.2, -0.15) is 5.10 Å². The Morgan fingerprint density at radius 3 is 3.00 bits per heavy atom. The van der Waals surface area contributed by atoms with Gasteiger partial charge in [-0.1, -0.05) is 30.4 Å². The molecule has 3 rings (SSSR count). The first-order chi connectivity index (χ1) is 10.8. The van der Waals surface area contributed by atoms with E-state index in [1.54, 1.807) is 11.0 Å². The molecule has 1 amide bonds. The number of hydrogen-bond donors (Lipinski definition) is 1. The number of nitrogens with one attached hydrogen (secondary N) is 1. The van der Waals surface area contributed by atoms with Gasteiger partial charge in [0.25, 0.3) is 5.91 Å². The molecule has 1 aliphatic carbocycles. The van der Waals surface area contributed by atoms with E-state index in [0.717, 1.165) is 31.4 Å². The van der Waals surface area contributed by atoms with Gasteiger partial charge in [0, 0.05) is 12.1 Å². The van der Waals surface area contributed by atoms with Gasteiger partial charge in [0.05, 0.1) is 6.54 Å². The van der Waals surface area contributed by atoms with E-state index in [-0.39, 0.29) is 5.91 Å². The molecule has 1 aliphatic rings. The van der Waals surface area contributed by atoms with Crippen LogP contribution in [0.1, 0.15) is 35.2 Å². The van der Waals surface area contributed by atoms with Crippen molar-refractivity contribution in [3.63, 3.8) is 0 Å². The molecule has 5 nitrogen and oxygen atoms in total. The number of allylic oxidation sites excluding steroid dienone is 2. The van der Waals surface area contributed by atoms with E-state index in [2.05, 4.69) is 27.6 Å². The van der Waals surface area contributed by atoms with E-state index in [1.165, 1.54) is 6.33 Å². The molecule has 0 radical (unpaired) electrons. The van der Waals surface area contributed by atoms with E-state index in [1.807, 2.05) is 24.3 Å². The SMILES string of the molecule is O=C(NCC1CC=CCC1)c1ccccc1Cn1cncn1. The van der Waals surface area contributed by atoms with E-state index in [4.69, 9.17) is 0 Å². The summed E-state index contributed by atoms with van der Waals surface area (Å²) < 4.78 is 1.72. The number of rotatable bonds is 5. The Labute approximate surface area is 130 Å². The molecule has 0 fully saturated rings. The topological polar surface area (TPSA) is 59.8 Å². The first-order valence-electron chi connectivity index (χ1n) is 7.66. The van der Waals surface area contributed by atoms with Crippen LogP contribution < -0.4 is 5.32 Å². The molecule has 0 spiro atoms. The molecule has 0 saturated carbocycles. The normalized spacial score (nSPS) is 17.4. The first kappa shape index (κ1) is 14.5. The second-order valence-electron chi connectivity index (χ2n) is 5.61. The van der Waals surface area contributed by atoms with Crippen LogP contribution in [0.3, 0.4) is 0 Å². The highest BCUT2D eigenvalue weighted by molar-refractivity contribution is 5.95. The van der Waals surface area contributed by atoms with Crippen LogP contribution in [0.5, 0.6) is 0 Å². The Morgan fingerprint density at radius 2 is 2.23 bits per heavy atom. The quantitative estimate of drug-likeness (QED) is 0.862. The predicted octanol–water partition coefficient (Wildman–Crippen LogP) is 2.41. The van der Waals surface area contributed by atoms with E-state index >= 15 is 0 Å². The lowest BCUT2D eigenvalue weighted by Crippen LogP contribution is -2.30. The fourth-order valence-corrected chi connectivity index (χ4v) is 2.74. The Bertz CT molecular complexity index is 648. The van der Waals surface area contributed by atoms with Crippen LogP contribution in [0, 0.1) is 5.92 Å². The van der Waals surface area contributed by atoms with Crippen LogP contribution in [0.15, 0.2) is 49.1 Å². The van der Waals surface area contributed by atoms with Gasteiger partial charge in [0.15, 0.2) is 0 Å². The minimum atomic E-state index is -0.00901. The van der Waals surface area contributed by atoms with Crippen LogP contribution in [-0.2, 0) is 6.54 Å². The van der Waals surface area contributed by atoms with Crippen LogP contribution in [0.4, 0.5) is 0 Å². The van der Waals surface area contributed by atoms with Crippen molar-refractivity contribution in [3.05, 3.63) is 60.2 Å². The number of carbonyl (C=O) groups excluding carboxylic acids is 1. The van der Waals surface area contributed by atoms with Gasteiger partial charge < -0.3 is 5.32 Å². The van der Waals surface area contributed by atoms with Gasteiger partial charge in [-0.15, -0.1) is 0 Å². The van der Waals surface area contributed by atoms with Gasteiger partial charge in [0.1, 0.15) is 12.7 Å². The third-order valence-corrected chi connectivity index (χ3v) is 3.99. The first-order valence-corrected chi connectivity index (χ1v) is 7.66. The van der Waals surface area contributed by atoms with Crippen molar-refractivity contribution in [1.29, 1.82) is 0 Å². The smallest absolute Gasteiger partial charge is 0.251 e. The molecule has 0 saturated heterocycles. The Kier molecular flexibility index (Phi) is 4.63. The molecule has 2 aromatic rings.